The average Bonchev–Trinajstić information content (AvgIpc) is 2.57. The lowest BCUT2D eigenvalue weighted by atomic mass is 9.75. The summed E-state index contributed by atoms with van der Waals surface area (Å²) in [6.45, 7) is 5.40. The molecule has 3 rings (SSSR count). The van der Waals surface area contributed by atoms with Crippen LogP contribution in [0.3, 0.4) is 0 Å². The maximum absolute atomic E-state index is 13.1. The number of carbonyl (C=O) groups is 2. The van der Waals surface area contributed by atoms with Gasteiger partial charge in [-0.2, -0.15) is 0 Å². The first kappa shape index (κ1) is 21.5. The van der Waals surface area contributed by atoms with Gasteiger partial charge in [0.1, 0.15) is 11.4 Å². The van der Waals surface area contributed by atoms with Gasteiger partial charge in [0, 0.05) is 18.0 Å². The molecule has 2 unspecified atom stereocenters. The van der Waals surface area contributed by atoms with Gasteiger partial charge >= 0.3 is 12.5 Å². The molecule has 5 nitrogen and oxygen atoms in total. The van der Waals surface area contributed by atoms with Gasteiger partial charge < -0.3 is 14.4 Å². The topological polar surface area (TPSA) is 55.8 Å². The highest BCUT2D eigenvalue weighted by atomic mass is 19.4. The highest BCUT2D eigenvalue weighted by Crippen LogP contribution is 2.40. The fourth-order valence-electron chi connectivity index (χ4n) is 4.31. The minimum Gasteiger partial charge on any atom is -0.444 e. The molecule has 2 fully saturated rings. The molecule has 29 heavy (non-hydrogen) atoms. The lowest BCUT2D eigenvalue weighted by molar-refractivity contribution is -0.274. The molecule has 2 bridgehead atoms. The second kappa shape index (κ2) is 7.88. The monoisotopic (exact) mass is 413 g/mol. The number of nitrogens with zero attached hydrogens (tertiary/aromatic N) is 1. The van der Waals surface area contributed by atoms with E-state index >= 15 is 0 Å². The Balaban J connectivity index is 1.78. The molecule has 0 spiro atoms. The van der Waals surface area contributed by atoms with E-state index in [0.717, 1.165) is 25.3 Å². The summed E-state index contributed by atoms with van der Waals surface area (Å²) in [4.78, 5) is 27.5. The van der Waals surface area contributed by atoms with E-state index in [-0.39, 0.29) is 29.5 Å². The number of ketones is 1. The molecule has 2 heterocycles. The first-order valence-electron chi connectivity index (χ1n) is 9.85. The summed E-state index contributed by atoms with van der Waals surface area (Å²) in [6, 6.07) is 5.13. The second-order valence-corrected chi connectivity index (χ2v) is 8.70. The quantitative estimate of drug-likeness (QED) is 0.628. The van der Waals surface area contributed by atoms with Gasteiger partial charge in [0.2, 0.25) is 0 Å². The number of amides is 1. The summed E-state index contributed by atoms with van der Waals surface area (Å²) in [6.07, 6.45) is -1.99. The van der Waals surface area contributed by atoms with Crippen molar-refractivity contribution >= 4 is 11.9 Å². The Labute approximate surface area is 168 Å². The van der Waals surface area contributed by atoms with Crippen molar-refractivity contribution in [3.63, 3.8) is 0 Å². The summed E-state index contributed by atoms with van der Waals surface area (Å²) in [5.41, 5.74) is -0.690. The van der Waals surface area contributed by atoms with Gasteiger partial charge in [-0.15, -0.1) is 13.2 Å². The highest BCUT2D eigenvalue weighted by molar-refractivity contribution is 6.00. The minimum absolute atomic E-state index is 0.0707. The third-order valence-electron chi connectivity index (χ3n) is 5.33. The normalized spacial score (nSPS) is 24.8. The van der Waals surface area contributed by atoms with E-state index in [1.165, 1.54) is 18.2 Å². The summed E-state index contributed by atoms with van der Waals surface area (Å²) >= 11 is 0. The number of benzene rings is 1. The summed E-state index contributed by atoms with van der Waals surface area (Å²) in [5, 5.41) is 0. The van der Waals surface area contributed by atoms with Crippen LogP contribution in [0.1, 0.15) is 63.2 Å². The third-order valence-corrected chi connectivity index (χ3v) is 5.33. The molecule has 2 aliphatic rings. The maximum Gasteiger partial charge on any atom is 0.573 e. The molecule has 160 valence electrons. The van der Waals surface area contributed by atoms with Crippen LogP contribution in [-0.4, -0.2) is 40.8 Å². The van der Waals surface area contributed by atoms with Gasteiger partial charge in [-0.25, -0.2) is 4.79 Å². The minimum atomic E-state index is -4.87. The van der Waals surface area contributed by atoms with Crippen molar-refractivity contribution in [2.75, 3.05) is 0 Å². The molecule has 2 saturated heterocycles. The molecule has 1 aromatic carbocycles. The molecule has 1 amide bonds. The average molecular weight is 413 g/mol. The van der Waals surface area contributed by atoms with Crippen LogP contribution in [-0.2, 0) is 4.74 Å². The molecule has 0 saturated carbocycles. The molecule has 1 aromatic rings. The SMILES string of the molecule is CC(C)(C)OC(=O)N1C2CCCC1CC(C(=O)c1ccccc1OC(F)(F)F)C2. The van der Waals surface area contributed by atoms with Crippen molar-refractivity contribution in [1.29, 1.82) is 0 Å². The number of piperidine rings is 2. The van der Waals surface area contributed by atoms with Gasteiger partial charge in [-0.3, -0.25) is 4.79 Å². The van der Waals surface area contributed by atoms with Gasteiger partial charge in [0.25, 0.3) is 0 Å². The molecule has 0 aromatic heterocycles. The first-order chi connectivity index (χ1) is 13.4. The Morgan fingerprint density at radius 3 is 2.17 bits per heavy atom. The van der Waals surface area contributed by atoms with E-state index in [0.29, 0.717) is 12.8 Å². The zero-order valence-electron chi connectivity index (χ0n) is 16.8. The summed E-state index contributed by atoms with van der Waals surface area (Å²) < 4.78 is 47.7. The third kappa shape index (κ3) is 5.22. The van der Waals surface area contributed by atoms with Crippen LogP contribution < -0.4 is 4.74 Å². The van der Waals surface area contributed by atoms with Crippen molar-refractivity contribution < 1.29 is 32.2 Å². The van der Waals surface area contributed by atoms with E-state index in [1.54, 1.807) is 25.7 Å². The number of ether oxygens (including phenoxy) is 2. The standard InChI is InChI=1S/C21H26F3NO4/c1-20(2,3)29-19(27)25-14-7-6-8-15(25)12-13(11-14)18(26)16-9-4-5-10-17(16)28-21(22,23)24/h4-5,9-10,13-15H,6-8,11-12H2,1-3H3. The Morgan fingerprint density at radius 1 is 1.03 bits per heavy atom. The van der Waals surface area contributed by atoms with Crippen LogP contribution in [0.2, 0.25) is 0 Å². The van der Waals surface area contributed by atoms with Crippen molar-refractivity contribution in [2.24, 2.45) is 5.92 Å². The smallest absolute Gasteiger partial charge is 0.444 e. The molecule has 0 radical (unpaired) electrons. The van der Waals surface area contributed by atoms with E-state index in [4.69, 9.17) is 4.74 Å². The fraction of sp³-hybridized carbons (Fsp3) is 0.619. The predicted molar refractivity (Wildman–Crippen MR) is 99.7 cm³/mol. The van der Waals surface area contributed by atoms with Crippen LogP contribution >= 0.6 is 0 Å². The van der Waals surface area contributed by atoms with E-state index in [1.807, 2.05) is 0 Å². The lowest BCUT2D eigenvalue weighted by Crippen LogP contribution is -2.56. The molecule has 2 aliphatic heterocycles. The van der Waals surface area contributed by atoms with Gasteiger partial charge in [-0.05, 0) is 65.0 Å². The second-order valence-electron chi connectivity index (χ2n) is 8.70. The number of hydrogen-bond acceptors (Lipinski definition) is 4. The van der Waals surface area contributed by atoms with Crippen molar-refractivity contribution in [3.05, 3.63) is 29.8 Å². The number of Topliss-reactive ketones (excluding diaryl/α,β-unsaturated/α-hetero) is 1. The number of halogens is 3. The Morgan fingerprint density at radius 2 is 1.62 bits per heavy atom. The number of rotatable bonds is 3. The van der Waals surface area contributed by atoms with Crippen LogP contribution in [0.5, 0.6) is 5.75 Å². The van der Waals surface area contributed by atoms with Crippen LogP contribution in [0.15, 0.2) is 24.3 Å². The molecule has 8 heteroatoms. The van der Waals surface area contributed by atoms with Crippen molar-refractivity contribution in [2.45, 2.75) is 76.9 Å². The lowest BCUT2D eigenvalue weighted by Gasteiger charge is -2.48. The summed E-state index contributed by atoms with van der Waals surface area (Å²) in [5.74, 6) is -1.31. The van der Waals surface area contributed by atoms with Gasteiger partial charge in [-0.1, -0.05) is 12.1 Å². The fourth-order valence-corrected chi connectivity index (χ4v) is 4.31. The Kier molecular flexibility index (Phi) is 5.83. The largest absolute Gasteiger partial charge is 0.573 e. The Bertz CT molecular complexity index is 758. The number of para-hydroxylation sites is 1. The zero-order chi connectivity index (χ0) is 21.4. The molecule has 0 aliphatic carbocycles. The van der Waals surface area contributed by atoms with Crippen molar-refractivity contribution in [1.82, 2.24) is 4.90 Å². The van der Waals surface area contributed by atoms with E-state index in [9.17, 15) is 22.8 Å². The molecular formula is C21H26F3NO4. The number of alkyl halides is 3. The van der Waals surface area contributed by atoms with E-state index in [2.05, 4.69) is 4.74 Å². The zero-order valence-corrected chi connectivity index (χ0v) is 16.8. The maximum atomic E-state index is 13.1. The number of hydrogen-bond donors (Lipinski definition) is 0. The van der Waals surface area contributed by atoms with Crippen LogP contribution in [0, 0.1) is 5.92 Å². The first-order valence-corrected chi connectivity index (χ1v) is 9.85. The molecule has 2 atom stereocenters. The predicted octanol–water partition coefficient (Wildman–Crippen LogP) is 5.34. The van der Waals surface area contributed by atoms with Gasteiger partial charge in [0.15, 0.2) is 5.78 Å². The van der Waals surface area contributed by atoms with Crippen molar-refractivity contribution in [3.8, 4) is 5.75 Å². The Hall–Kier alpha value is -2.25. The number of carbonyl (C=O) groups excluding carboxylic acids is 2. The van der Waals surface area contributed by atoms with Crippen LogP contribution in [0.25, 0.3) is 0 Å². The molecular weight excluding hydrogens is 387 g/mol. The summed E-state index contributed by atoms with van der Waals surface area (Å²) in [7, 11) is 0. The van der Waals surface area contributed by atoms with Gasteiger partial charge in [0.05, 0.1) is 5.56 Å². The van der Waals surface area contributed by atoms with E-state index < -0.39 is 23.6 Å². The number of fused-ring (bicyclic) bond motifs is 2. The highest BCUT2D eigenvalue weighted by Gasteiger charge is 2.45. The van der Waals surface area contributed by atoms with Crippen LogP contribution in [0.4, 0.5) is 18.0 Å². The molecule has 0 N–H and O–H groups in total.